The van der Waals surface area contributed by atoms with Gasteiger partial charge in [-0.3, -0.25) is 4.99 Å². The first kappa shape index (κ1) is 22.7. The molecule has 0 fully saturated rings. The molecule has 0 spiro atoms. The van der Waals surface area contributed by atoms with Crippen molar-refractivity contribution in [2.24, 2.45) is 4.99 Å². The van der Waals surface area contributed by atoms with Crippen LogP contribution in [0.4, 0.5) is 0 Å². The lowest BCUT2D eigenvalue weighted by molar-refractivity contribution is 0.588. The highest BCUT2D eigenvalue weighted by Gasteiger charge is 2.11. The van der Waals surface area contributed by atoms with Crippen LogP contribution in [0.5, 0.6) is 0 Å². The fourth-order valence-electron chi connectivity index (χ4n) is 2.17. The second-order valence-electron chi connectivity index (χ2n) is 5.23. The van der Waals surface area contributed by atoms with Gasteiger partial charge in [-0.15, -0.1) is 24.0 Å². The Bertz CT molecular complexity index is 859. The molecule has 0 radical (unpaired) electrons. The van der Waals surface area contributed by atoms with E-state index in [1.165, 1.54) is 7.05 Å². The molecule has 0 amide bonds. The SMILES string of the molecule is CN=C(NCc1cccc(S(=O)(=O)NC)c1)NCc1ccccc1Cl.I. The zero-order valence-electron chi connectivity index (χ0n) is 14.5. The van der Waals surface area contributed by atoms with Crippen molar-refractivity contribution < 1.29 is 8.42 Å². The van der Waals surface area contributed by atoms with E-state index in [9.17, 15) is 8.42 Å². The van der Waals surface area contributed by atoms with Crippen molar-refractivity contribution >= 4 is 51.6 Å². The highest BCUT2D eigenvalue weighted by atomic mass is 127. The van der Waals surface area contributed by atoms with Gasteiger partial charge < -0.3 is 10.6 Å². The third-order valence-corrected chi connectivity index (χ3v) is 5.35. The molecule has 0 heterocycles. The van der Waals surface area contributed by atoms with Crippen LogP contribution in [-0.4, -0.2) is 28.5 Å². The molecule has 2 aromatic carbocycles. The number of rotatable bonds is 6. The topological polar surface area (TPSA) is 82.6 Å². The molecule has 0 atom stereocenters. The van der Waals surface area contributed by atoms with E-state index in [0.717, 1.165) is 11.1 Å². The molecular formula is C17H22ClIN4O2S. The predicted octanol–water partition coefficient (Wildman–Crippen LogP) is 2.73. The maximum Gasteiger partial charge on any atom is 0.240 e. The van der Waals surface area contributed by atoms with Crippen molar-refractivity contribution in [3.8, 4) is 0 Å². The molecule has 2 aromatic rings. The van der Waals surface area contributed by atoms with Gasteiger partial charge in [-0.2, -0.15) is 0 Å². The lowest BCUT2D eigenvalue weighted by atomic mass is 10.2. The Morgan fingerprint density at radius 2 is 1.77 bits per heavy atom. The first-order valence-corrected chi connectivity index (χ1v) is 9.53. The molecular weight excluding hydrogens is 487 g/mol. The summed E-state index contributed by atoms with van der Waals surface area (Å²) < 4.78 is 26.0. The van der Waals surface area contributed by atoms with Gasteiger partial charge in [-0.1, -0.05) is 41.9 Å². The van der Waals surface area contributed by atoms with Crippen LogP contribution >= 0.6 is 35.6 Å². The lowest BCUT2D eigenvalue weighted by Crippen LogP contribution is -2.36. The van der Waals surface area contributed by atoms with Crippen molar-refractivity contribution in [2.75, 3.05) is 14.1 Å². The first-order chi connectivity index (χ1) is 12.0. The van der Waals surface area contributed by atoms with Crippen LogP contribution < -0.4 is 15.4 Å². The fraction of sp³-hybridized carbons (Fsp3) is 0.235. The smallest absolute Gasteiger partial charge is 0.240 e. The second-order valence-corrected chi connectivity index (χ2v) is 7.52. The molecule has 0 aliphatic rings. The summed E-state index contributed by atoms with van der Waals surface area (Å²) in [5.74, 6) is 0.599. The number of halogens is 2. The van der Waals surface area contributed by atoms with Crippen LogP contribution in [0.25, 0.3) is 0 Å². The zero-order valence-corrected chi connectivity index (χ0v) is 18.4. The van der Waals surface area contributed by atoms with E-state index in [4.69, 9.17) is 11.6 Å². The summed E-state index contributed by atoms with van der Waals surface area (Å²) in [5, 5.41) is 7.02. The molecule has 0 unspecified atom stereocenters. The number of nitrogens with one attached hydrogen (secondary N) is 3. The van der Waals surface area contributed by atoms with Crippen molar-refractivity contribution in [1.29, 1.82) is 0 Å². The molecule has 0 aliphatic heterocycles. The third kappa shape index (κ3) is 6.42. The van der Waals surface area contributed by atoms with Gasteiger partial charge in [0, 0.05) is 25.2 Å². The number of hydrogen-bond donors (Lipinski definition) is 3. The summed E-state index contributed by atoms with van der Waals surface area (Å²) in [5.41, 5.74) is 1.80. The van der Waals surface area contributed by atoms with Gasteiger partial charge >= 0.3 is 0 Å². The van der Waals surface area contributed by atoms with Crippen LogP contribution in [0.15, 0.2) is 58.4 Å². The first-order valence-electron chi connectivity index (χ1n) is 7.66. The minimum Gasteiger partial charge on any atom is -0.352 e. The minimum atomic E-state index is -3.45. The van der Waals surface area contributed by atoms with E-state index in [1.807, 2.05) is 30.3 Å². The summed E-state index contributed by atoms with van der Waals surface area (Å²) >= 11 is 6.13. The number of hydrogen-bond acceptors (Lipinski definition) is 3. The van der Waals surface area contributed by atoms with Gasteiger partial charge in [0.2, 0.25) is 10.0 Å². The molecule has 6 nitrogen and oxygen atoms in total. The average Bonchev–Trinajstić information content (AvgIpc) is 2.63. The molecule has 0 aliphatic carbocycles. The number of nitrogens with zero attached hydrogens (tertiary/aromatic N) is 1. The van der Waals surface area contributed by atoms with Crippen LogP contribution in [0.2, 0.25) is 5.02 Å². The summed E-state index contributed by atoms with van der Waals surface area (Å²) in [6, 6.07) is 14.3. The van der Waals surface area contributed by atoms with Gasteiger partial charge in [0.1, 0.15) is 0 Å². The molecule has 9 heteroatoms. The van der Waals surface area contributed by atoms with E-state index in [2.05, 4.69) is 20.3 Å². The molecule has 0 bridgehead atoms. The Labute approximate surface area is 176 Å². The lowest BCUT2D eigenvalue weighted by Gasteiger charge is -2.13. The van der Waals surface area contributed by atoms with E-state index in [1.54, 1.807) is 25.2 Å². The highest BCUT2D eigenvalue weighted by Crippen LogP contribution is 2.14. The number of guanidine groups is 1. The van der Waals surface area contributed by atoms with E-state index >= 15 is 0 Å². The van der Waals surface area contributed by atoms with E-state index in [-0.39, 0.29) is 28.9 Å². The second kappa shape index (κ2) is 10.7. The maximum absolute atomic E-state index is 11.9. The van der Waals surface area contributed by atoms with Crippen LogP contribution in [0.3, 0.4) is 0 Å². The quantitative estimate of drug-likeness (QED) is 0.318. The zero-order chi connectivity index (χ0) is 18.3. The molecule has 0 saturated carbocycles. The van der Waals surface area contributed by atoms with Crippen molar-refractivity contribution in [1.82, 2.24) is 15.4 Å². The highest BCUT2D eigenvalue weighted by molar-refractivity contribution is 14.0. The Kier molecular flexibility index (Phi) is 9.34. The number of aliphatic imine (C=N–C) groups is 1. The van der Waals surface area contributed by atoms with Gasteiger partial charge in [0.25, 0.3) is 0 Å². The van der Waals surface area contributed by atoms with E-state index in [0.29, 0.717) is 24.1 Å². The summed E-state index contributed by atoms with van der Waals surface area (Å²) in [6.45, 7) is 0.975. The summed E-state index contributed by atoms with van der Waals surface area (Å²) in [6.07, 6.45) is 0. The molecule has 0 saturated heterocycles. The van der Waals surface area contributed by atoms with Gasteiger partial charge in [0.15, 0.2) is 5.96 Å². The molecule has 2 rings (SSSR count). The number of sulfonamides is 1. The van der Waals surface area contributed by atoms with Crippen LogP contribution in [-0.2, 0) is 23.1 Å². The standard InChI is InChI=1S/C17H21ClN4O2S.HI/c1-19-17(22-12-14-7-3-4-9-16(14)18)21-11-13-6-5-8-15(10-13)25(23,24)20-2;/h3-10,20H,11-12H2,1-2H3,(H2,19,21,22);1H. The minimum absolute atomic E-state index is 0. The molecule has 0 aromatic heterocycles. The fourth-order valence-corrected chi connectivity index (χ4v) is 3.17. The van der Waals surface area contributed by atoms with Crippen molar-refractivity contribution in [3.05, 3.63) is 64.7 Å². The predicted molar refractivity (Wildman–Crippen MR) is 117 cm³/mol. The van der Waals surface area contributed by atoms with Gasteiger partial charge in [-0.05, 0) is 36.4 Å². The molecule has 142 valence electrons. The van der Waals surface area contributed by atoms with Gasteiger partial charge in [-0.25, -0.2) is 13.1 Å². The van der Waals surface area contributed by atoms with Gasteiger partial charge in [0.05, 0.1) is 4.90 Å². The Morgan fingerprint density at radius 3 is 2.42 bits per heavy atom. The monoisotopic (exact) mass is 508 g/mol. The summed E-state index contributed by atoms with van der Waals surface area (Å²) in [7, 11) is -0.394. The van der Waals surface area contributed by atoms with Crippen LogP contribution in [0.1, 0.15) is 11.1 Å². The average molecular weight is 509 g/mol. The third-order valence-electron chi connectivity index (χ3n) is 3.57. The molecule has 26 heavy (non-hydrogen) atoms. The Morgan fingerprint density at radius 1 is 1.08 bits per heavy atom. The Hall–Kier alpha value is -1.36. The summed E-state index contributed by atoms with van der Waals surface area (Å²) in [4.78, 5) is 4.39. The maximum atomic E-state index is 11.9. The normalized spacial score (nSPS) is 11.6. The molecule has 3 N–H and O–H groups in total. The van der Waals surface area contributed by atoms with Crippen LogP contribution in [0, 0.1) is 0 Å². The largest absolute Gasteiger partial charge is 0.352 e. The number of benzene rings is 2. The Balaban J connectivity index is 0.00000338. The van der Waals surface area contributed by atoms with E-state index < -0.39 is 10.0 Å². The van der Waals surface area contributed by atoms with Crippen molar-refractivity contribution in [2.45, 2.75) is 18.0 Å². The van der Waals surface area contributed by atoms with Crippen molar-refractivity contribution in [3.63, 3.8) is 0 Å².